The first kappa shape index (κ1) is 17.0. The molecule has 0 aliphatic heterocycles. The second kappa shape index (κ2) is 7.79. The molecule has 0 amide bonds. The van der Waals surface area contributed by atoms with Crippen molar-refractivity contribution in [2.75, 3.05) is 7.05 Å². The van der Waals surface area contributed by atoms with E-state index >= 15 is 0 Å². The SMILES string of the molecule is CN=C(NCc1cc(C(C)C)no1)NCc1cccc2cccnc12. The summed E-state index contributed by atoms with van der Waals surface area (Å²) >= 11 is 0. The Morgan fingerprint density at radius 1 is 1.16 bits per heavy atom. The number of rotatable bonds is 5. The van der Waals surface area contributed by atoms with E-state index in [2.05, 4.69) is 57.8 Å². The van der Waals surface area contributed by atoms with Crippen molar-refractivity contribution < 1.29 is 4.52 Å². The average Bonchev–Trinajstić information content (AvgIpc) is 3.11. The van der Waals surface area contributed by atoms with Crippen LogP contribution in [0.3, 0.4) is 0 Å². The first-order valence-corrected chi connectivity index (χ1v) is 8.40. The number of benzene rings is 1. The fourth-order valence-corrected chi connectivity index (χ4v) is 2.56. The van der Waals surface area contributed by atoms with Gasteiger partial charge < -0.3 is 15.2 Å². The van der Waals surface area contributed by atoms with Crippen molar-refractivity contribution in [2.24, 2.45) is 4.99 Å². The number of aromatic nitrogens is 2. The highest BCUT2D eigenvalue weighted by atomic mass is 16.5. The normalized spacial score (nSPS) is 11.9. The third-order valence-corrected chi connectivity index (χ3v) is 3.98. The molecule has 0 saturated carbocycles. The molecule has 0 atom stereocenters. The third-order valence-electron chi connectivity index (χ3n) is 3.98. The number of nitrogens with zero attached hydrogens (tertiary/aromatic N) is 3. The zero-order valence-corrected chi connectivity index (χ0v) is 14.8. The van der Waals surface area contributed by atoms with Crippen LogP contribution in [-0.4, -0.2) is 23.1 Å². The molecule has 0 bridgehead atoms. The Hall–Kier alpha value is -2.89. The molecule has 0 unspecified atom stereocenters. The predicted molar refractivity (Wildman–Crippen MR) is 99.4 cm³/mol. The second-order valence-electron chi connectivity index (χ2n) is 6.14. The number of fused-ring (bicyclic) bond motifs is 1. The molecule has 6 nitrogen and oxygen atoms in total. The standard InChI is InChI=1S/C19H23N5O/c1-13(2)17-10-16(25-24-17)12-23-19(20-3)22-11-15-7-4-6-14-8-5-9-21-18(14)15/h4-10,13H,11-12H2,1-3H3,(H2,20,22,23). The molecule has 0 aliphatic rings. The van der Waals surface area contributed by atoms with Crippen molar-refractivity contribution in [1.82, 2.24) is 20.8 Å². The summed E-state index contributed by atoms with van der Waals surface area (Å²) in [5, 5.41) is 11.8. The summed E-state index contributed by atoms with van der Waals surface area (Å²) < 4.78 is 5.34. The second-order valence-corrected chi connectivity index (χ2v) is 6.14. The lowest BCUT2D eigenvalue weighted by molar-refractivity contribution is 0.372. The van der Waals surface area contributed by atoms with Gasteiger partial charge in [0.25, 0.3) is 0 Å². The van der Waals surface area contributed by atoms with Gasteiger partial charge in [0, 0.05) is 31.2 Å². The fourth-order valence-electron chi connectivity index (χ4n) is 2.56. The highest BCUT2D eigenvalue weighted by Gasteiger charge is 2.08. The quantitative estimate of drug-likeness (QED) is 0.552. The lowest BCUT2D eigenvalue weighted by Gasteiger charge is -2.12. The molecule has 0 fully saturated rings. The Balaban J connectivity index is 1.60. The highest BCUT2D eigenvalue weighted by Crippen LogP contribution is 2.16. The minimum atomic E-state index is 0.355. The van der Waals surface area contributed by atoms with Crippen molar-refractivity contribution in [1.29, 1.82) is 0 Å². The summed E-state index contributed by atoms with van der Waals surface area (Å²) in [7, 11) is 1.75. The van der Waals surface area contributed by atoms with Crippen molar-refractivity contribution in [3.63, 3.8) is 0 Å². The van der Waals surface area contributed by atoms with Crippen LogP contribution >= 0.6 is 0 Å². The van der Waals surface area contributed by atoms with Crippen LogP contribution in [0.5, 0.6) is 0 Å². The zero-order valence-electron chi connectivity index (χ0n) is 14.8. The first-order valence-electron chi connectivity index (χ1n) is 8.40. The Morgan fingerprint density at radius 2 is 1.96 bits per heavy atom. The van der Waals surface area contributed by atoms with Crippen LogP contribution in [0.25, 0.3) is 10.9 Å². The van der Waals surface area contributed by atoms with Crippen LogP contribution in [0.2, 0.25) is 0 Å². The van der Waals surface area contributed by atoms with Gasteiger partial charge in [-0.3, -0.25) is 9.98 Å². The minimum Gasteiger partial charge on any atom is -0.359 e. The summed E-state index contributed by atoms with van der Waals surface area (Å²) in [6, 6.07) is 12.2. The van der Waals surface area contributed by atoms with Crippen LogP contribution in [0.1, 0.15) is 36.8 Å². The average molecular weight is 337 g/mol. The number of hydrogen-bond donors (Lipinski definition) is 2. The Kier molecular flexibility index (Phi) is 5.28. The molecular weight excluding hydrogens is 314 g/mol. The molecular formula is C19H23N5O. The molecule has 2 aromatic heterocycles. The lowest BCUT2D eigenvalue weighted by Crippen LogP contribution is -2.36. The van der Waals surface area contributed by atoms with Gasteiger partial charge >= 0.3 is 0 Å². The number of para-hydroxylation sites is 1. The van der Waals surface area contributed by atoms with E-state index in [1.165, 1.54) is 0 Å². The van der Waals surface area contributed by atoms with Gasteiger partial charge in [0.2, 0.25) is 0 Å². The molecule has 0 radical (unpaired) electrons. The molecule has 25 heavy (non-hydrogen) atoms. The summed E-state index contributed by atoms with van der Waals surface area (Å²) in [4.78, 5) is 8.73. The van der Waals surface area contributed by atoms with Gasteiger partial charge in [0.05, 0.1) is 17.8 Å². The van der Waals surface area contributed by atoms with Crippen LogP contribution in [0.4, 0.5) is 0 Å². The van der Waals surface area contributed by atoms with Crippen LogP contribution in [0, 0.1) is 0 Å². The van der Waals surface area contributed by atoms with Crippen LogP contribution in [0.15, 0.2) is 52.1 Å². The first-order chi connectivity index (χ1) is 12.2. The third kappa shape index (κ3) is 4.15. The maximum absolute atomic E-state index is 5.34. The van der Waals surface area contributed by atoms with E-state index in [0.29, 0.717) is 25.0 Å². The van der Waals surface area contributed by atoms with Gasteiger partial charge in [-0.15, -0.1) is 0 Å². The van der Waals surface area contributed by atoms with Crippen molar-refractivity contribution in [3.05, 3.63) is 59.6 Å². The summed E-state index contributed by atoms with van der Waals surface area (Å²) in [6.45, 7) is 5.36. The monoisotopic (exact) mass is 337 g/mol. The number of guanidine groups is 1. The summed E-state index contributed by atoms with van der Waals surface area (Å²) in [5.41, 5.74) is 3.09. The lowest BCUT2D eigenvalue weighted by atomic mass is 10.1. The van der Waals surface area contributed by atoms with Gasteiger partial charge in [-0.05, 0) is 17.5 Å². The molecule has 2 N–H and O–H groups in total. The number of pyridine rings is 1. The molecule has 0 spiro atoms. The van der Waals surface area contributed by atoms with E-state index in [0.717, 1.165) is 27.9 Å². The molecule has 1 aromatic carbocycles. The molecule has 3 aromatic rings. The number of aliphatic imine (C=N–C) groups is 1. The summed E-state index contributed by atoms with van der Waals surface area (Å²) in [5.74, 6) is 1.85. The molecule has 130 valence electrons. The highest BCUT2D eigenvalue weighted by molar-refractivity contribution is 5.83. The number of hydrogen-bond acceptors (Lipinski definition) is 4. The zero-order chi connectivity index (χ0) is 17.6. The Morgan fingerprint density at radius 3 is 2.72 bits per heavy atom. The van der Waals surface area contributed by atoms with Crippen molar-refractivity contribution in [2.45, 2.75) is 32.9 Å². The predicted octanol–water partition coefficient (Wildman–Crippen LogP) is 3.21. The van der Waals surface area contributed by atoms with E-state index in [1.807, 2.05) is 24.4 Å². The maximum Gasteiger partial charge on any atom is 0.191 e. The molecule has 0 saturated heterocycles. The Labute approximate surface area is 147 Å². The van der Waals surface area contributed by atoms with Gasteiger partial charge in [0.15, 0.2) is 11.7 Å². The Bertz CT molecular complexity index is 864. The van der Waals surface area contributed by atoms with E-state index in [9.17, 15) is 0 Å². The van der Waals surface area contributed by atoms with Gasteiger partial charge in [-0.2, -0.15) is 0 Å². The smallest absolute Gasteiger partial charge is 0.191 e. The maximum atomic E-state index is 5.34. The van der Waals surface area contributed by atoms with E-state index in [1.54, 1.807) is 7.05 Å². The van der Waals surface area contributed by atoms with Crippen molar-refractivity contribution >= 4 is 16.9 Å². The minimum absolute atomic E-state index is 0.355. The van der Waals surface area contributed by atoms with Crippen LogP contribution < -0.4 is 10.6 Å². The summed E-state index contributed by atoms with van der Waals surface area (Å²) in [6.07, 6.45) is 1.81. The molecule has 3 rings (SSSR count). The van der Waals surface area contributed by atoms with Gasteiger partial charge in [-0.25, -0.2) is 0 Å². The van der Waals surface area contributed by atoms with E-state index in [4.69, 9.17) is 4.52 Å². The van der Waals surface area contributed by atoms with E-state index in [-0.39, 0.29) is 0 Å². The molecule has 0 aliphatic carbocycles. The molecule has 2 heterocycles. The molecule has 6 heteroatoms. The fraction of sp³-hybridized carbons (Fsp3) is 0.316. The largest absolute Gasteiger partial charge is 0.359 e. The van der Waals surface area contributed by atoms with Gasteiger partial charge in [0.1, 0.15) is 0 Å². The number of nitrogens with one attached hydrogen (secondary N) is 2. The topological polar surface area (TPSA) is 75.3 Å². The van der Waals surface area contributed by atoms with Crippen LogP contribution in [-0.2, 0) is 13.1 Å². The van der Waals surface area contributed by atoms with Crippen molar-refractivity contribution in [3.8, 4) is 0 Å². The van der Waals surface area contributed by atoms with Gasteiger partial charge in [-0.1, -0.05) is 43.3 Å². The van der Waals surface area contributed by atoms with E-state index < -0.39 is 0 Å².